The van der Waals surface area contributed by atoms with Gasteiger partial charge < -0.3 is 30.2 Å². The molecule has 1 aliphatic carbocycles. The zero-order valence-electron chi connectivity index (χ0n) is 23.0. The third-order valence-electron chi connectivity index (χ3n) is 7.38. The van der Waals surface area contributed by atoms with Gasteiger partial charge in [-0.2, -0.15) is 8.78 Å². The fourth-order valence-corrected chi connectivity index (χ4v) is 4.69. The lowest BCUT2D eigenvalue weighted by Crippen LogP contribution is -2.49. The number of carbonyl (C=O) groups is 3. The monoisotopic (exact) mass is 563 g/mol. The average molecular weight is 564 g/mol. The average Bonchev–Trinajstić information content (AvgIpc) is 3.54. The number of ether oxygens (including phenoxy) is 3. The summed E-state index contributed by atoms with van der Waals surface area (Å²) < 4.78 is 47.2. The van der Waals surface area contributed by atoms with E-state index in [9.17, 15) is 14.4 Å². The molecule has 13 heteroatoms. The van der Waals surface area contributed by atoms with Gasteiger partial charge in [0, 0.05) is 18.4 Å². The highest BCUT2D eigenvalue weighted by molar-refractivity contribution is 5.89. The number of nitrogens with zero attached hydrogens (tertiary/aromatic N) is 3. The Labute approximate surface area is 230 Å². The molecule has 40 heavy (non-hydrogen) atoms. The van der Waals surface area contributed by atoms with Crippen LogP contribution in [0.15, 0.2) is 18.2 Å². The van der Waals surface area contributed by atoms with Crippen molar-refractivity contribution in [2.45, 2.75) is 76.5 Å². The number of likely N-dealkylation sites (tertiary alicyclic amines) is 1. The van der Waals surface area contributed by atoms with Gasteiger partial charge in [0.2, 0.25) is 17.7 Å². The molecule has 2 aromatic rings. The Morgan fingerprint density at radius 2 is 1.95 bits per heavy atom. The molecule has 3 atom stereocenters. The summed E-state index contributed by atoms with van der Waals surface area (Å²) in [7, 11) is 1.47. The molecule has 3 amide bonds. The van der Waals surface area contributed by atoms with E-state index in [1.165, 1.54) is 18.1 Å². The topological polar surface area (TPSA) is 146 Å². The van der Waals surface area contributed by atoms with Crippen LogP contribution in [0.2, 0.25) is 0 Å². The number of rotatable bonds is 11. The summed E-state index contributed by atoms with van der Waals surface area (Å²) in [6.45, 7) is 4.65. The van der Waals surface area contributed by atoms with Crippen molar-refractivity contribution in [3.05, 3.63) is 23.9 Å². The number of nitrogens with two attached hydrogens (primary N) is 1. The fourth-order valence-electron chi connectivity index (χ4n) is 4.69. The SMILES string of the molecule is CCCCC(F)(F)c1nc2ccc(OC)cc2nc1OC1CN(C(=O)CNC(=O)OC2(C)CC2)C(C(N)=O)C1C. The normalized spacial score (nSPS) is 21.6. The van der Waals surface area contributed by atoms with Gasteiger partial charge in [0.25, 0.3) is 5.92 Å². The molecule has 2 aliphatic rings. The summed E-state index contributed by atoms with van der Waals surface area (Å²) in [6.07, 6.45) is 0.194. The molecule has 1 aromatic heterocycles. The van der Waals surface area contributed by atoms with Crippen LogP contribution in [0.25, 0.3) is 11.0 Å². The van der Waals surface area contributed by atoms with E-state index in [0.717, 1.165) is 12.8 Å². The highest BCUT2D eigenvalue weighted by Crippen LogP contribution is 2.40. The van der Waals surface area contributed by atoms with Crippen LogP contribution < -0.4 is 20.5 Å². The van der Waals surface area contributed by atoms with Gasteiger partial charge in [-0.15, -0.1) is 0 Å². The standard InChI is InChI=1S/C27H35F2N5O6/c1-5-6-9-27(28,29)22-24(33-18-12-16(38-4)7-8-17(18)32-22)39-19-14-34(21(15(19)2)23(30)36)20(35)13-31-25(37)40-26(3)10-11-26/h7-8,12,15,19,21H,5-6,9-11,13-14H2,1-4H3,(H2,30,36)(H,31,37). The molecule has 1 saturated carbocycles. The second-order valence-corrected chi connectivity index (χ2v) is 10.6. The maximum absolute atomic E-state index is 15.4. The van der Waals surface area contributed by atoms with E-state index in [1.807, 2.05) is 6.92 Å². The van der Waals surface area contributed by atoms with Crippen LogP contribution in [-0.4, -0.2) is 70.7 Å². The van der Waals surface area contributed by atoms with Crippen LogP contribution in [0.5, 0.6) is 11.6 Å². The first-order chi connectivity index (χ1) is 18.9. The van der Waals surface area contributed by atoms with Gasteiger partial charge in [0.1, 0.15) is 30.0 Å². The highest BCUT2D eigenvalue weighted by Gasteiger charge is 2.47. The molecule has 1 saturated heterocycles. The lowest BCUT2D eigenvalue weighted by molar-refractivity contribution is -0.137. The van der Waals surface area contributed by atoms with Gasteiger partial charge >= 0.3 is 6.09 Å². The van der Waals surface area contributed by atoms with E-state index in [4.69, 9.17) is 19.9 Å². The second kappa shape index (κ2) is 11.4. The number of fused-ring (bicyclic) bond motifs is 1. The molecule has 3 unspecified atom stereocenters. The van der Waals surface area contributed by atoms with Crippen LogP contribution in [0.3, 0.4) is 0 Å². The Hall–Kier alpha value is -3.77. The molecule has 4 rings (SSSR count). The van der Waals surface area contributed by atoms with Crippen LogP contribution in [0.4, 0.5) is 13.6 Å². The molecular weight excluding hydrogens is 528 g/mol. The molecule has 2 heterocycles. The molecule has 218 valence electrons. The summed E-state index contributed by atoms with van der Waals surface area (Å²) in [5.41, 5.74) is 4.99. The lowest BCUT2D eigenvalue weighted by Gasteiger charge is -2.24. The minimum absolute atomic E-state index is 0.139. The Balaban J connectivity index is 1.59. The first-order valence-electron chi connectivity index (χ1n) is 13.3. The molecule has 0 spiro atoms. The van der Waals surface area contributed by atoms with Gasteiger partial charge in [-0.3, -0.25) is 9.59 Å². The van der Waals surface area contributed by atoms with E-state index in [1.54, 1.807) is 26.0 Å². The Morgan fingerprint density at radius 1 is 1.23 bits per heavy atom. The number of primary amides is 1. The third kappa shape index (κ3) is 6.34. The second-order valence-electron chi connectivity index (χ2n) is 10.6. The summed E-state index contributed by atoms with van der Waals surface area (Å²) >= 11 is 0. The predicted octanol–water partition coefficient (Wildman–Crippen LogP) is 3.28. The van der Waals surface area contributed by atoms with E-state index >= 15 is 8.78 Å². The number of nitrogens with one attached hydrogen (secondary N) is 1. The molecule has 3 N–H and O–H groups in total. The zero-order valence-corrected chi connectivity index (χ0v) is 23.0. The van der Waals surface area contributed by atoms with Crippen LogP contribution in [0, 0.1) is 5.92 Å². The Kier molecular flexibility index (Phi) is 8.31. The van der Waals surface area contributed by atoms with E-state index in [0.29, 0.717) is 12.2 Å². The first-order valence-corrected chi connectivity index (χ1v) is 13.3. The number of alkyl halides is 2. The van der Waals surface area contributed by atoms with Gasteiger partial charge in [-0.1, -0.05) is 20.3 Å². The Bertz CT molecular complexity index is 1290. The van der Waals surface area contributed by atoms with Gasteiger partial charge in [-0.25, -0.2) is 14.8 Å². The summed E-state index contributed by atoms with van der Waals surface area (Å²) in [5.74, 6) is -5.32. The number of aromatic nitrogens is 2. The van der Waals surface area contributed by atoms with E-state index in [-0.39, 0.29) is 24.0 Å². The smallest absolute Gasteiger partial charge is 0.408 e. The molecule has 1 aliphatic heterocycles. The largest absolute Gasteiger partial charge is 0.497 e. The maximum atomic E-state index is 15.4. The minimum atomic E-state index is -3.34. The van der Waals surface area contributed by atoms with Gasteiger partial charge in [-0.05, 0) is 38.3 Å². The summed E-state index contributed by atoms with van der Waals surface area (Å²) in [6, 6.07) is 3.60. The molecule has 11 nitrogen and oxygen atoms in total. The molecule has 0 radical (unpaired) electrons. The molecule has 0 bridgehead atoms. The van der Waals surface area contributed by atoms with Gasteiger partial charge in [0.15, 0.2) is 5.69 Å². The van der Waals surface area contributed by atoms with Crippen LogP contribution >= 0.6 is 0 Å². The highest BCUT2D eigenvalue weighted by atomic mass is 19.3. The number of amides is 3. The number of benzene rings is 1. The van der Waals surface area contributed by atoms with Crippen LogP contribution in [-0.2, 0) is 20.2 Å². The molecular formula is C27H35F2N5O6. The Morgan fingerprint density at radius 3 is 2.58 bits per heavy atom. The number of carbonyl (C=O) groups excluding carboxylic acids is 3. The quantitative estimate of drug-likeness (QED) is 0.424. The van der Waals surface area contributed by atoms with Crippen molar-refractivity contribution in [2.75, 3.05) is 20.2 Å². The van der Waals surface area contributed by atoms with Crippen LogP contribution in [0.1, 0.15) is 58.6 Å². The van der Waals surface area contributed by atoms with Crippen molar-refractivity contribution in [3.63, 3.8) is 0 Å². The number of hydrogen-bond donors (Lipinski definition) is 2. The number of halogens is 2. The molecule has 2 fully saturated rings. The summed E-state index contributed by atoms with van der Waals surface area (Å²) in [5, 5.41) is 2.40. The third-order valence-corrected chi connectivity index (χ3v) is 7.38. The van der Waals surface area contributed by atoms with Crippen molar-refractivity contribution >= 4 is 28.9 Å². The van der Waals surface area contributed by atoms with E-state index < -0.39 is 72.0 Å². The number of unbranched alkanes of at least 4 members (excludes halogenated alkanes) is 1. The van der Waals surface area contributed by atoms with Crippen molar-refractivity contribution in [1.29, 1.82) is 0 Å². The number of alkyl carbamates (subject to hydrolysis) is 1. The van der Waals surface area contributed by atoms with Gasteiger partial charge in [0.05, 0.1) is 24.7 Å². The number of hydrogen-bond acceptors (Lipinski definition) is 8. The zero-order chi connectivity index (χ0) is 29.2. The predicted molar refractivity (Wildman–Crippen MR) is 140 cm³/mol. The van der Waals surface area contributed by atoms with Crippen molar-refractivity contribution < 1.29 is 37.4 Å². The lowest BCUT2D eigenvalue weighted by atomic mass is 10.00. The minimum Gasteiger partial charge on any atom is -0.497 e. The maximum Gasteiger partial charge on any atom is 0.408 e. The number of methoxy groups -OCH3 is 1. The molecule has 1 aromatic carbocycles. The summed E-state index contributed by atoms with van der Waals surface area (Å²) in [4.78, 5) is 47.2. The van der Waals surface area contributed by atoms with Crippen molar-refractivity contribution in [1.82, 2.24) is 20.2 Å². The van der Waals surface area contributed by atoms with Crippen molar-refractivity contribution in [2.24, 2.45) is 11.7 Å². The fraction of sp³-hybridized carbons (Fsp3) is 0.593. The first kappa shape index (κ1) is 29.2. The van der Waals surface area contributed by atoms with Crippen molar-refractivity contribution in [3.8, 4) is 11.6 Å². The van der Waals surface area contributed by atoms with E-state index in [2.05, 4.69) is 15.3 Å².